The van der Waals surface area contributed by atoms with Crippen molar-refractivity contribution in [2.45, 2.75) is 102 Å². The van der Waals surface area contributed by atoms with Gasteiger partial charge in [-0.25, -0.2) is 19.6 Å². The number of rotatable bonds is 8. The minimum absolute atomic E-state index is 0.311. The van der Waals surface area contributed by atoms with Gasteiger partial charge in [0.15, 0.2) is 0 Å². The molecule has 1 aliphatic rings. The molecule has 0 radical (unpaired) electrons. The molecule has 0 aromatic heterocycles. The third-order valence-electron chi connectivity index (χ3n) is 2.91. The monoisotopic (exact) mass is 352 g/mol. The molecule has 1 saturated heterocycles. The maximum Gasteiger partial charge on any atom is 0.123 e. The molecule has 1 aliphatic heterocycles. The van der Waals surface area contributed by atoms with Crippen LogP contribution < -0.4 is 0 Å². The van der Waals surface area contributed by atoms with E-state index < -0.39 is 0 Å². The van der Waals surface area contributed by atoms with Gasteiger partial charge in [-0.3, -0.25) is 0 Å². The minimum atomic E-state index is -0.371. The maximum atomic E-state index is 5.82. The highest BCUT2D eigenvalue weighted by atomic mass is 33.2. The highest BCUT2D eigenvalue weighted by Gasteiger charge is 2.48. The normalized spacial score (nSPS) is 20.0. The van der Waals surface area contributed by atoms with E-state index in [1.807, 2.05) is 77.0 Å². The van der Waals surface area contributed by atoms with E-state index in [9.17, 15) is 0 Å². The molecule has 1 unspecified atom stereocenters. The number of hydrogen-bond acceptors (Lipinski definition) is 6. The molecule has 132 valence electrons. The van der Waals surface area contributed by atoms with Crippen LogP contribution in [0.5, 0.6) is 0 Å². The summed E-state index contributed by atoms with van der Waals surface area (Å²) in [6.45, 7) is 18.1. The Kier molecular flexibility index (Phi) is 6.73. The fraction of sp³-hybridized carbons (Fsp3) is 1.00. The van der Waals surface area contributed by atoms with E-state index >= 15 is 0 Å². The molecule has 0 aromatic rings. The van der Waals surface area contributed by atoms with E-state index in [1.165, 1.54) is 0 Å². The second kappa shape index (κ2) is 7.19. The first-order chi connectivity index (χ1) is 9.73. The molecule has 1 rings (SSSR count). The SMILES string of the molecule is CC(C)(C)OOC(C)(C)CCC(C)(OOC(C)(C)C)C1SS1. The van der Waals surface area contributed by atoms with Gasteiger partial charge in [0.1, 0.15) is 10.2 Å². The van der Waals surface area contributed by atoms with Crippen molar-refractivity contribution in [1.82, 2.24) is 0 Å². The lowest BCUT2D eigenvalue weighted by Gasteiger charge is -2.34. The van der Waals surface area contributed by atoms with Crippen LogP contribution in [0.3, 0.4) is 0 Å². The Balaban J connectivity index is 2.53. The molecule has 0 amide bonds. The average molecular weight is 353 g/mol. The summed E-state index contributed by atoms with van der Waals surface area (Å²) in [6, 6.07) is 0. The van der Waals surface area contributed by atoms with E-state index in [2.05, 4.69) is 6.92 Å². The summed E-state index contributed by atoms with van der Waals surface area (Å²) in [6.07, 6.45) is 1.67. The van der Waals surface area contributed by atoms with E-state index in [1.54, 1.807) is 0 Å². The van der Waals surface area contributed by atoms with Crippen molar-refractivity contribution in [2.75, 3.05) is 0 Å². The third-order valence-corrected chi connectivity index (χ3v) is 5.45. The quantitative estimate of drug-likeness (QED) is 0.248. The van der Waals surface area contributed by atoms with Crippen molar-refractivity contribution in [1.29, 1.82) is 0 Å². The predicted octanol–water partition coefficient (Wildman–Crippen LogP) is 5.52. The molecular formula is C16H32O4S2. The molecule has 0 N–H and O–H groups in total. The van der Waals surface area contributed by atoms with Gasteiger partial charge >= 0.3 is 0 Å². The van der Waals surface area contributed by atoms with Gasteiger partial charge in [0, 0.05) is 0 Å². The third kappa shape index (κ3) is 8.41. The maximum absolute atomic E-state index is 5.82. The first-order valence-corrected chi connectivity index (χ1v) is 10.1. The average Bonchev–Trinajstić information content (AvgIpc) is 3.15. The zero-order chi connectivity index (χ0) is 17.2. The van der Waals surface area contributed by atoms with Gasteiger partial charge in [-0.15, -0.1) is 0 Å². The summed E-state index contributed by atoms with van der Waals surface area (Å²) in [7, 11) is 3.67. The molecule has 0 spiro atoms. The highest BCUT2D eigenvalue weighted by Crippen LogP contribution is 2.61. The van der Waals surface area contributed by atoms with Gasteiger partial charge < -0.3 is 0 Å². The summed E-state index contributed by atoms with van der Waals surface area (Å²) in [4.78, 5) is 22.5. The van der Waals surface area contributed by atoms with Crippen molar-refractivity contribution < 1.29 is 19.6 Å². The first kappa shape index (κ1) is 20.6. The van der Waals surface area contributed by atoms with Crippen LogP contribution in [0, 0.1) is 0 Å². The summed E-state index contributed by atoms with van der Waals surface area (Å²) in [5.74, 6) is 0. The summed E-state index contributed by atoms with van der Waals surface area (Å²) in [5, 5.41) is 0. The molecule has 0 aromatic carbocycles. The summed E-state index contributed by atoms with van der Waals surface area (Å²) in [5.41, 5.74) is -1.32. The molecule has 0 aliphatic carbocycles. The Labute approximate surface area is 143 Å². The summed E-state index contributed by atoms with van der Waals surface area (Å²) >= 11 is 0. The van der Waals surface area contributed by atoms with Crippen LogP contribution in [0.4, 0.5) is 0 Å². The minimum Gasteiger partial charge on any atom is -0.230 e. The Morgan fingerprint density at radius 2 is 1.09 bits per heavy atom. The Morgan fingerprint density at radius 3 is 1.50 bits per heavy atom. The van der Waals surface area contributed by atoms with Gasteiger partial charge in [0.2, 0.25) is 0 Å². The zero-order valence-corrected chi connectivity index (χ0v) is 17.1. The van der Waals surface area contributed by atoms with Gasteiger partial charge in [-0.05, 0) is 75.2 Å². The molecule has 4 nitrogen and oxygen atoms in total. The Bertz CT molecular complexity index is 356. The van der Waals surface area contributed by atoms with Crippen molar-refractivity contribution >= 4 is 21.6 Å². The van der Waals surface area contributed by atoms with Crippen molar-refractivity contribution in [3.8, 4) is 0 Å². The van der Waals surface area contributed by atoms with Crippen LogP contribution in [-0.4, -0.2) is 27.0 Å². The van der Waals surface area contributed by atoms with Crippen molar-refractivity contribution in [2.24, 2.45) is 0 Å². The Hall–Kier alpha value is 0.540. The van der Waals surface area contributed by atoms with Gasteiger partial charge in [-0.1, -0.05) is 21.6 Å². The van der Waals surface area contributed by atoms with E-state index in [0.29, 0.717) is 4.58 Å². The number of hydrogen-bond donors (Lipinski definition) is 0. The van der Waals surface area contributed by atoms with Crippen molar-refractivity contribution in [3.05, 3.63) is 0 Å². The van der Waals surface area contributed by atoms with Crippen LogP contribution in [0.2, 0.25) is 0 Å². The van der Waals surface area contributed by atoms with Gasteiger partial charge in [0.25, 0.3) is 0 Å². The smallest absolute Gasteiger partial charge is 0.123 e. The standard InChI is InChI=1S/C16H32O4S2/c1-13(2,3)17-19-15(7,8)10-11-16(9,12-21-22-12)20-18-14(4,5)6/h12H,10-11H2,1-9H3. The van der Waals surface area contributed by atoms with Gasteiger partial charge in [-0.2, -0.15) is 0 Å². The van der Waals surface area contributed by atoms with Crippen molar-refractivity contribution in [3.63, 3.8) is 0 Å². The topological polar surface area (TPSA) is 36.9 Å². The van der Waals surface area contributed by atoms with Crippen LogP contribution in [0.25, 0.3) is 0 Å². The summed E-state index contributed by atoms with van der Waals surface area (Å²) < 4.78 is 0.411. The molecule has 22 heavy (non-hydrogen) atoms. The van der Waals surface area contributed by atoms with E-state index in [-0.39, 0.29) is 22.4 Å². The van der Waals surface area contributed by atoms with E-state index in [4.69, 9.17) is 19.6 Å². The van der Waals surface area contributed by atoms with Crippen LogP contribution >= 0.6 is 21.6 Å². The predicted molar refractivity (Wildman–Crippen MR) is 94.5 cm³/mol. The Morgan fingerprint density at radius 1 is 0.636 bits per heavy atom. The molecular weight excluding hydrogens is 320 g/mol. The first-order valence-electron chi connectivity index (χ1n) is 7.78. The lowest BCUT2D eigenvalue weighted by molar-refractivity contribution is -0.410. The highest BCUT2D eigenvalue weighted by molar-refractivity contribution is 8.92. The molecule has 1 heterocycles. The largest absolute Gasteiger partial charge is 0.230 e. The van der Waals surface area contributed by atoms with Crippen LogP contribution in [0.1, 0.15) is 75.2 Å². The second-order valence-electron chi connectivity index (χ2n) is 8.65. The molecule has 0 saturated carbocycles. The molecule has 0 bridgehead atoms. The second-order valence-corrected chi connectivity index (χ2v) is 11.4. The zero-order valence-electron chi connectivity index (χ0n) is 15.4. The van der Waals surface area contributed by atoms with Gasteiger partial charge in [0.05, 0.1) is 16.8 Å². The lowest BCUT2D eigenvalue weighted by Crippen LogP contribution is -2.40. The fourth-order valence-electron chi connectivity index (χ4n) is 1.48. The lowest BCUT2D eigenvalue weighted by atomic mass is 9.94. The molecule has 1 atom stereocenters. The molecule has 6 heteroatoms. The van der Waals surface area contributed by atoms with Crippen LogP contribution in [0.15, 0.2) is 0 Å². The van der Waals surface area contributed by atoms with Crippen LogP contribution in [-0.2, 0) is 19.6 Å². The molecule has 1 fully saturated rings. The van der Waals surface area contributed by atoms with E-state index in [0.717, 1.165) is 12.8 Å². The fourth-order valence-corrected chi connectivity index (χ4v) is 3.64.